The fourth-order valence-electron chi connectivity index (χ4n) is 2.39. The van der Waals surface area contributed by atoms with Crippen molar-refractivity contribution >= 4 is 16.6 Å². The maximum absolute atomic E-state index is 12.1. The minimum absolute atomic E-state index is 0.0596. The molecule has 0 amide bonds. The largest absolute Gasteiger partial charge is 0.294 e. The number of aryl methyl sites for hydroxylation is 2. The topological polar surface area (TPSA) is 34.1 Å². The second-order valence-corrected chi connectivity index (χ2v) is 6.90. The SMILES string of the molecule is Cc1cc(C)cc(CS(=O)CCC(=O)c2ccccc2)c1. The summed E-state index contributed by atoms with van der Waals surface area (Å²) in [5.41, 5.74) is 4.14. The van der Waals surface area contributed by atoms with E-state index in [1.54, 1.807) is 12.1 Å². The van der Waals surface area contributed by atoms with Gasteiger partial charge in [-0.25, -0.2) is 0 Å². The smallest absolute Gasteiger partial charge is 0.163 e. The van der Waals surface area contributed by atoms with Crippen LogP contribution >= 0.6 is 0 Å². The molecule has 3 heteroatoms. The van der Waals surface area contributed by atoms with E-state index in [1.807, 2.05) is 32.0 Å². The quantitative estimate of drug-likeness (QED) is 0.760. The molecule has 0 saturated heterocycles. The van der Waals surface area contributed by atoms with E-state index in [0.717, 1.165) is 5.56 Å². The Morgan fingerprint density at radius 2 is 1.62 bits per heavy atom. The van der Waals surface area contributed by atoms with E-state index in [9.17, 15) is 9.00 Å². The molecule has 0 bridgehead atoms. The van der Waals surface area contributed by atoms with Crippen LogP contribution in [-0.4, -0.2) is 15.7 Å². The van der Waals surface area contributed by atoms with Crippen molar-refractivity contribution in [1.29, 1.82) is 0 Å². The molecule has 0 radical (unpaired) electrons. The van der Waals surface area contributed by atoms with Crippen LogP contribution in [0.25, 0.3) is 0 Å². The molecule has 2 rings (SSSR count). The van der Waals surface area contributed by atoms with E-state index in [-0.39, 0.29) is 5.78 Å². The highest BCUT2D eigenvalue weighted by molar-refractivity contribution is 7.84. The zero-order valence-corrected chi connectivity index (χ0v) is 13.3. The molecule has 0 aromatic heterocycles. The highest BCUT2D eigenvalue weighted by Gasteiger charge is 2.09. The third kappa shape index (κ3) is 4.94. The number of hydrogen-bond donors (Lipinski definition) is 0. The molecule has 110 valence electrons. The van der Waals surface area contributed by atoms with Crippen LogP contribution in [-0.2, 0) is 16.6 Å². The van der Waals surface area contributed by atoms with Crippen LogP contribution in [0.15, 0.2) is 48.5 Å². The number of Topliss-reactive ketones (excluding diaryl/α,β-unsaturated/α-hetero) is 1. The van der Waals surface area contributed by atoms with Gasteiger partial charge in [0.2, 0.25) is 0 Å². The van der Waals surface area contributed by atoms with Gasteiger partial charge in [-0.2, -0.15) is 0 Å². The first-order chi connectivity index (χ1) is 10.0. The molecule has 0 fully saturated rings. The van der Waals surface area contributed by atoms with Gasteiger partial charge in [-0.3, -0.25) is 9.00 Å². The zero-order chi connectivity index (χ0) is 15.2. The summed E-state index contributed by atoms with van der Waals surface area (Å²) in [7, 11) is -1.00. The van der Waals surface area contributed by atoms with Crippen molar-refractivity contribution in [3.63, 3.8) is 0 Å². The molecule has 2 aromatic carbocycles. The van der Waals surface area contributed by atoms with Gasteiger partial charge in [0, 0.05) is 34.3 Å². The van der Waals surface area contributed by atoms with Crippen LogP contribution in [0, 0.1) is 13.8 Å². The highest BCUT2D eigenvalue weighted by atomic mass is 32.2. The lowest BCUT2D eigenvalue weighted by Gasteiger charge is -2.05. The summed E-state index contributed by atoms with van der Waals surface area (Å²) in [6.45, 7) is 4.08. The summed E-state index contributed by atoms with van der Waals surface area (Å²) in [5.74, 6) is 0.995. The Morgan fingerprint density at radius 3 is 2.24 bits per heavy atom. The van der Waals surface area contributed by atoms with Crippen molar-refractivity contribution in [2.45, 2.75) is 26.0 Å². The van der Waals surface area contributed by atoms with E-state index in [1.165, 1.54) is 11.1 Å². The Balaban J connectivity index is 1.89. The summed E-state index contributed by atoms with van der Waals surface area (Å²) >= 11 is 0. The summed E-state index contributed by atoms with van der Waals surface area (Å²) in [5, 5.41) is 0. The Morgan fingerprint density at radius 1 is 1.00 bits per heavy atom. The first-order valence-electron chi connectivity index (χ1n) is 7.05. The summed E-state index contributed by atoms with van der Waals surface area (Å²) < 4.78 is 12.1. The number of carbonyl (C=O) groups excluding carboxylic acids is 1. The van der Waals surface area contributed by atoms with Gasteiger partial charge in [-0.05, 0) is 19.4 Å². The Bertz CT molecular complexity index is 627. The van der Waals surface area contributed by atoms with E-state index >= 15 is 0 Å². The fraction of sp³-hybridized carbons (Fsp3) is 0.278. The molecule has 1 atom stereocenters. The molecule has 0 heterocycles. The number of rotatable bonds is 6. The van der Waals surface area contributed by atoms with Crippen molar-refractivity contribution in [1.82, 2.24) is 0 Å². The third-order valence-corrected chi connectivity index (χ3v) is 4.58. The molecular formula is C18H20O2S. The molecule has 0 N–H and O–H groups in total. The highest BCUT2D eigenvalue weighted by Crippen LogP contribution is 2.12. The van der Waals surface area contributed by atoms with Gasteiger partial charge in [0.05, 0.1) is 0 Å². The van der Waals surface area contributed by atoms with Crippen molar-refractivity contribution in [2.75, 3.05) is 5.75 Å². The Labute approximate surface area is 128 Å². The monoisotopic (exact) mass is 300 g/mol. The first-order valence-corrected chi connectivity index (χ1v) is 8.54. The van der Waals surface area contributed by atoms with Crippen LogP contribution in [0.5, 0.6) is 0 Å². The van der Waals surface area contributed by atoms with E-state index < -0.39 is 10.8 Å². The van der Waals surface area contributed by atoms with E-state index in [4.69, 9.17) is 0 Å². The van der Waals surface area contributed by atoms with Gasteiger partial charge in [0.1, 0.15) is 0 Å². The molecule has 0 aliphatic carbocycles. The van der Waals surface area contributed by atoms with Crippen molar-refractivity contribution in [3.8, 4) is 0 Å². The summed E-state index contributed by atoms with van der Waals surface area (Å²) in [4.78, 5) is 12.0. The molecule has 2 nitrogen and oxygen atoms in total. The van der Waals surface area contributed by atoms with Crippen LogP contribution < -0.4 is 0 Å². The average molecular weight is 300 g/mol. The van der Waals surface area contributed by atoms with Crippen molar-refractivity contribution in [3.05, 3.63) is 70.8 Å². The lowest BCUT2D eigenvalue weighted by Crippen LogP contribution is -2.08. The van der Waals surface area contributed by atoms with Gasteiger partial charge in [-0.15, -0.1) is 0 Å². The zero-order valence-electron chi connectivity index (χ0n) is 12.5. The minimum atomic E-state index is -1.00. The van der Waals surface area contributed by atoms with Crippen molar-refractivity contribution < 1.29 is 9.00 Å². The maximum Gasteiger partial charge on any atom is 0.163 e. The lowest BCUT2D eigenvalue weighted by atomic mass is 10.1. The van der Waals surface area contributed by atoms with Gasteiger partial charge >= 0.3 is 0 Å². The van der Waals surface area contributed by atoms with Gasteiger partial charge in [-0.1, -0.05) is 59.7 Å². The van der Waals surface area contributed by atoms with E-state index in [2.05, 4.69) is 18.2 Å². The Kier molecular flexibility index (Phi) is 5.45. The molecule has 21 heavy (non-hydrogen) atoms. The first kappa shape index (κ1) is 15.6. The number of ketones is 1. The molecule has 0 aliphatic heterocycles. The predicted molar refractivity (Wildman–Crippen MR) is 88.0 cm³/mol. The predicted octanol–water partition coefficient (Wildman–Crippen LogP) is 3.83. The second-order valence-electron chi connectivity index (χ2n) is 5.32. The summed E-state index contributed by atoms with van der Waals surface area (Å²) in [6, 6.07) is 15.4. The van der Waals surface area contributed by atoms with Crippen LogP contribution in [0.4, 0.5) is 0 Å². The lowest BCUT2D eigenvalue weighted by molar-refractivity contribution is 0.0989. The van der Waals surface area contributed by atoms with Crippen LogP contribution in [0.2, 0.25) is 0 Å². The number of carbonyl (C=O) groups is 1. The molecule has 1 unspecified atom stereocenters. The molecule has 0 saturated carbocycles. The third-order valence-electron chi connectivity index (χ3n) is 3.26. The number of hydrogen-bond acceptors (Lipinski definition) is 2. The van der Waals surface area contributed by atoms with Crippen molar-refractivity contribution in [2.24, 2.45) is 0 Å². The fourth-order valence-corrected chi connectivity index (χ4v) is 3.48. The second kappa shape index (κ2) is 7.32. The average Bonchev–Trinajstić information content (AvgIpc) is 2.44. The number of benzene rings is 2. The van der Waals surface area contributed by atoms with Gasteiger partial charge in [0.15, 0.2) is 5.78 Å². The molecule has 2 aromatic rings. The maximum atomic E-state index is 12.1. The standard InChI is InChI=1S/C18H20O2S/c1-14-10-15(2)12-16(11-14)13-21(20)9-8-18(19)17-6-4-3-5-7-17/h3-7,10-12H,8-9,13H2,1-2H3. The molecule has 0 spiro atoms. The normalized spacial score (nSPS) is 12.1. The minimum Gasteiger partial charge on any atom is -0.294 e. The molecule has 0 aliphatic rings. The van der Waals surface area contributed by atoms with E-state index in [0.29, 0.717) is 23.5 Å². The van der Waals surface area contributed by atoms with Crippen LogP contribution in [0.3, 0.4) is 0 Å². The van der Waals surface area contributed by atoms with Crippen LogP contribution in [0.1, 0.15) is 33.5 Å². The molecular weight excluding hydrogens is 280 g/mol. The summed E-state index contributed by atoms with van der Waals surface area (Å²) in [6.07, 6.45) is 0.335. The van der Waals surface area contributed by atoms with Gasteiger partial charge < -0.3 is 0 Å². The Hall–Kier alpha value is -1.74. The van der Waals surface area contributed by atoms with Gasteiger partial charge in [0.25, 0.3) is 0 Å².